The van der Waals surface area contributed by atoms with Gasteiger partial charge >= 0.3 is 0 Å². The molecule has 0 bridgehead atoms. The van der Waals surface area contributed by atoms with Crippen LogP contribution in [0, 0.1) is 5.92 Å². The van der Waals surface area contributed by atoms with Crippen LogP contribution in [0.1, 0.15) is 25.3 Å². The van der Waals surface area contributed by atoms with Crippen molar-refractivity contribution in [1.82, 2.24) is 20.0 Å². The molecule has 2 atom stereocenters. The summed E-state index contributed by atoms with van der Waals surface area (Å²) in [5.74, 6) is 0.937. The van der Waals surface area contributed by atoms with Crippen molar-refractivity contribution in [1.29, 1.82) is 0 Å². The number of aromatic nitrogens is 2. The van der Waals surface area contributed by atoms with E-state index in [1.165, 1.54) is 18.4 Å². The lowest BCUT2D eigenvalue weighted by Crippen LogP contribution is -2.55. The van der Waals surface area contributed by atoms with Crippen molar-refractivity contribution in [2.45, 2.75) is 38.4 Å². The molecule has 2 unspecified atom stereocenters. The van der Waals surface area contributed by atoms with Crippen molar-refractivity contribution in [2.24, 2.45) is 13.0 Å². The van der Waals surface area contributed by atoms with E-state index in [4.69, 9.17) is 0 Å². The summed E-state index contributed by atoms with van der Waals surface area (Å²) in [6, 6.07) is 1.35. The summed E-state index contributed by atoms with van der Waals surface area (Å²) >= 11 is 0. The topological polar surface area (TPSA) is 33.1 Å². The average Bonchev–Trinajstić information content (AvgIpc) is 3.04. The number of piperazine rings is 1. The van der Waals surface area contributed by atoms with Gasteiger partial charge in [0.05, 0.1) is 6.20 Å². The fraction of sp³-hybridized carbons (Fsp3) is 0.769. The van der Waals surface area contributed by atoms with E-state index in [0.29, 0.717) is 6.04 Å². The van der Waals surface area contributed by atoms with Crippen LogP contribution in [0.3, 0.4) is 0 Å². The van der Waals surface area contributed by atoms with Gasteiger partial charge in [-0.3, -0.25) is 9.58 Å². The van der Waals surface area contributed by atoms with Crippen molar-refractivity contribution in [3.63, 3.8) is 0 Å². The molecule has 94 valence electrons. The van der Waals surface area contributed by atoms with Gasteiger partial charge in [0.1, 0.15) is 0 Å². The summed E-state index contributed by atoms with van der Waals surface area (Å²) in [6.45, 7) is 5.66. The fourth-order valence-electron chi connectivity index (χ4n) is 2.92. The van der Waals surface area contributed by atoms with Crippen LogP contribution in [-0.4, -0.2) is 39.9 Å². The highest BCUT2D eigenvalue weighted by molar-refractivity contribution is 5.05. The van der Waals surface area contributed by atoms with Crippen LogP contribution >= 0.6 is 0 Å². The molecule has 1 N–H and O–H groups in total. The van der Waals surface area contributed by atoms with Crippen molar-refractivity contribution in [2.75, 3.05) is 13.1 Å². The molecule has 1 saturated carbocycles. The van der Waals surface area contributed by atoms with Gasteiger partial charge in [0.25, 0.3) is 0 Å². The third kappa shape index (κ3) is 2.53. The van der Waals surface area contributed by atoms with Crippen molar-refractivity contribution in [3.8, 4) is 0 Å². The van der Waals surface area contributed by atoms with Crippen LogP contribution in [0.15, 0.2) is 12.4 Å². The molecule has 1 saturated heterocycles. The van der Waals surface area contributed by atoms with Gasteiger partial charge in [-0.25, -0.2) is 0 Å². The van der Waals surface area contributed by atoms with Crippen molar-refractivity contribution >= 4 is 0 Å². The highest BCUT2D eigenvalue weighted by Gasteiger charge is 2.37. The quantitative estimate of drug-likeness (QED) is 0.847. The predicted molar refractivity (Wildman–Crippen MR) is 67.6 cm³/mol. The van der Waals surface area contributed by atoms with E-state index >= 15 is 0 Å². The molecular weight excluding hydrogens is 212 g/mol. The predicted octanol–water partition coefficient (Wildman–Crippen LogP) is 0.992. The molecule has 3 rings (SSSR count). The first-order valence-corrected chi connectivity index (χ1v) is 6.67. The third-order valence-corrected chi connectivity index (χ3v) is 3.96. The molecule has 0 radical (unpaired) electrons. The van der Waals surface area contributed by atoms with E-state index in [1.54, 1.807) is 0 Å². The lowest BCUT2D eigenvalue weighted by atomic mass is 10.0. The molecule has 2 aliphatic rings. The molecule has 2 fully saturated rings. The minimum Gasteiger partial charge on any atom is -0.311 e. The number of nitrogens with one attached hydrogen (secondary N) is 1. The number of nitrogens with zero attached hydrogens (tertiary/aromatic N) is 3. The molecule has 1 aliphatic carbocycles. The number of hydrogen-bond donors (Lipinski definition) is 1. The maximum absolute atomic E-state index is 4.26. The third-order valence-electron chi connectivity index (χ3n) is 3.96. The van der Waals surface area contributed by atoms with Gasteiger partial charge in [-0.2, -0.15) is 5.10 Å². The highest BCUT2D eigenvalue weighted by atomic mass is 15.3. The zero-order valence-corrected chi connectivity index (χ0v) is 10.8. The van der Waals surface area contributed by atoms with Crippen LogP contribution in [0.25, 0.3) is 0 Å². The highest BCUT2D eigenvalue weighted by Crippen LogP contribution is 2.36. The second-order valence-electron chi connectivity index (χ2n) is 5.67. The Morgan fingerprint density at radius 2 is 2.29 bits per heavy atom. The maximum Gasteiger partial charge on any atom is 0.0534 e. The summed E-state index contributed by atoms with van der Waals surface area (Å²) in [6.07, 6.45) is 6.97. The average molecular weight is 234 g/mol. The van der Waals surface area contributed by atoms with E-state index in [0.717, 1.165) is 31.6 Å². The molecule has 17 heavy (non-hydrogen) atoms. The lowest BCUT2D eigenvalue weighted by Gasteiger charge is -2.39. The van der Waals surface area contributed by atoms with Crippen LogP contribution in [-0.2, 0) is 13.6 Å². The Morgan fingerprint density at radius 3 is 2.94 bits per heavy atom. The first-order chi connectivity index (χ1) is 8.22. The smallest absolute Gasteiger partial charge is 0.0534 e. The van der Waals surface area contributed by atoms with Gasteiger partial charge < -0.3 is 5.32 Å². The molecule has 4 nitrogen and oxygen atoms in total. The Kier molecular flexibility index (Phi) is 2.92. The Morgan fingerprint density at radius 1 is 1.47 bits per heavy atom. The largest absolute Gasteiger partial charge is 0.311 e. The summed E-state index contributed by atoms with van der Waals surface area (Å²) in [5.41, 5.74) is 1.34. The molecule has 0 amide bonds. The second kappa shape index (κ2) is 4.42. The van der Waals surface area contributed by atoms with Crippen LogP contribution in [0.2, 0.25) is 0 Å². The normalized spacial score (nSPS) is 30.7. The minimum atomic E-state index is 0.613. The van der Waals surface area contributed by atoms with Crippen LogP contribution in [0.5, 0.6) is 0 Å². The Labute approximate surface area is 103 Å². The Hall–Kier alpha value is -0.870. The monoisotopic (exact) mass is 234 g/mol. The van der Waals surface area contributed by atoms with Crippen LogP contribution < -0.4 is 5.32 Å². The summed E-state index contributed by atoms with van der Waals surface area (Å²) in [4.78, 5) is 2.65. The lowest BCUT2D eigenvalue weighted by molar-refractivity contribution is 0.112. The first-order valence-electron chi connectivity index (χ1n) is 6.67. The van der Waals surface area contributed by atoms with E-state index < -0.39 is 0 Å². The zero-order valence-electron chi connectivity index (χ0n) is 10.8. The van der Waals surface area contributed by atoms with E-state index in [1.807, 2.05) is 17.9 Å². The molecule has 1 aliphatic heterocycles. The number of aryl methyl sites for hydroxylation is 1. The van der Waals surface area contributed by atoms with Gasteiger partial charge in [-0.1, -0.05) is 0 Å². The number of hydrogen-bond acceptors (Lipinski definition) is 3. The second-order valence-corrected chi connectivity index (χ2v) is 5.67. The first kappa shape index (κ1) is 11.2. The summed E-state index contributed by atoms with van der Waals surface area (Å²) in [5, 5.41) is 7.87. The van der Waals surface area contributed by atoms with Gasteiger partial charge in [0.2, 0.25) is 0 Å². The maximum atomic E-state index is 4.26. The van der Waals surface area contributed by atoms with Crippen molar-refractivity contribution < 1.29 is 0 Å². The SMILES string of the molecule is CC1CN(Cc2cnn(C)c2)C(C2CC2)CN1. The summed E-state index contributed by atoms with van der Waals surface area (Å²) in [7, 11) is 1.99. The molecule has 4 heteroatoms. The molecule has 2 heterocycles. The van der Waals surface area contributed by atoms with Gasteiger partial charge in [-0.15, -0.1) is 0 Å². The molecule has 1 aromatic rings. The van der Waals surface area contributed by atoms with Gasteiger partial charge in [-0.05, 0) is 25.7 Å². The minimum absolute atomic E-state index is 0.613. The standard InChI is InChI=1S/C13H22N4/c1-10-7-17(9-11-5-15-16(2)8-11)13(6-14-10)12-3-4-12/h5,8,10,12-14H,3-4,6-7,9H2,1-2H3. The molecular formula is C13H22N4. The van der Waals surface area contributed by atoms with E-state index in [2.05, 4.69) is 28.4 Å². The molecule has 1 aromatic heterocycles. The van der Waals surface area contributed by atoms with Crippen LogP contribution in [0.4, 0.5) is 0 Å². The van der Waals surface area contributed by atoms with Gasteiger partial charge in [0, 0.05) is 50.5 Å². The van der Waals surface area contributed by atoms with E-state index in [9.17, 15) is 0 Å². The Balaban J connectivity index is 1.69. The van der Waals surface area contributed by atoms with E-state index in [-0.39, 0.29) is 0 Å². The number of rotatable bonds is 3. The summed E-state index contributed by atoms with van der Waals surface area (Å²) < 4.78 is 1.90. The zero-order chi connectivity index (χ0) is 11.8. The fourth-order valence-corrected chi connectivity index (χ4v) is 2.92. The Bertz CT molecular complexity index is 383. The molecule has 0 aromatic carbocycles. The van der Waals surface area contributed by atoms with Crippen molar-refractivity contribution in [3.05, 3.63) is 18.0 Å². The molecule has 0 spiro atoms. The van der Waals surface area contributed by atoms with Gasteiger partial charge in [0.15, 0.2) is 0 Å².